The molecule has 2 atom stereocenters. The molecule has 0 radical (unpaired) electrons. The van der Waals surface area contributed by atoms with Crippen LogP contribution in [0.5, 0.6) is 0 Å². The number of aryl methyl sites for hydroxylation is 1. The Morgan fingerprint density at radius 1 is 1.56 bits per heavy atom. The number of ether oxygens (including phenoxy) is 2. The molecule has 1 aromatic rings. The Hall–Kier alpha value is -1.33. The molecule has 0 spiro atoms. The summed E-state index contributed by atoms with van der Waals surface area (Å²) in [5, 5.41) is 0. The van der Waals surface area contributed by atoms with Gasteiger partial charge in [0.15, 0.2) is 5.76 Å². The molecule has 0 saturated carbocycles. The third kappa shape index (κ3) is 2.42. The number of carbonyl (C=O) groups excluding carboxylic acids is 1. The van der Waals surface area contributed by atoms with E-state index in [9.17, 15) is 4.79 Å². The van der Waals surface area contributed by atoms with Crippen molar-refractivity contribution < 1.29 is 18.7 Å². The number of carbonyl (C=O) groups is 1. The van der Waals surface area contributed by atoms with E-state index in [0.29, 0.717) is 18.9 Å². The molecule has 1 aliphatic heterocycles. The average molecular weight is 253 g/mol. The summed E-state index contributed by atoms with van der Waals surface area (Å²) in [4.78, 5) is 14.2. The van der Waals surface area contributed by atoms with Gasteiger partial charge >= 0.3 is 0 Å². The molecular formula is C13H19NO4. The fourth-order valence-corrected chi connectivity index (χ4v) is 2.37. The van der Waals surface area contributed by atoms with E-state index in [2.05, 4.69) is 0 Å². The largest absolute Gasteiger partial charge is 0.459 e. The lowest BCUT2D eigenvalue weighted by molar-refractivity contribution is 0.0581. The topological polar surface area (TPSA) is 51.9 Å². The minimum atomic E-state index is -0.0842. The first-order valence-electron chi connectivity index (χ1n) is 6.04. The quantitative estimate of drug-likeness (QED) is 0.815. The van der Waals surface area contributed by atoms with E-state index < -0.39 is 0 Å². The Morgan fingerprint density at radius 3 is 2.89 bits per heavy atom. The van der Waals surface area contributed by atoms with Crippen LogP contribution in [0.2, 0.25) is 0 Å². The molecule has 2 heterocycles. The Labute approximate surface area is 107 Å². The van der Waals surface area contributed by atoms with Gasteiger partial charge in [0.25, 0.3) is 5.91 Å². The lowest BCUT2D eigenvalue weighted by Crippen LogP contribution is -2.38. The van der Waals surface area contributed by atoms with E-state index in [0.717, 1.165) is 12.0 Å². The molecular weight excluding hydrogens is 234 g/mol. The summed E-state index contributed by atoms with van der Waals surface area (Å²) in [6.07, 6.45) is 2.41. The van der Waals surface area contributed by atoms with Crippen LogP contribution in [0.1, 0.15) is 22.5 Å². The maximum absolute atomic E-state index is 12.4. The van der Waals surface area contributed by atoms with Crippen LogP contribution in [0.15, 0.2) is 16.7 Å². The molecule has 0 N–H and O–H groups in total. The van der Waals surface area contributed by atoms with Crippen LogP contribution in [0.25, 0.3) is 0 Å². The summed E-state index contributed by atoms with van der Waals surface area (Å²) in [6.45, 7) is 2.97. The van der Waals surface area contributed by atoms with Gasteiger partial charge in [-0.1, -0.05) is 0 Å². The van der Waals surface area contributed by atoms with E-state index in [1.807, 2.05) is 6.92 Å². The first-order valence-corrected chi connectivity index (χ1v) is 6.04. The molecule has 0 bridgehead atoms. The zero-order chi connectivity index (χ0) is 13.1. The van der Waals surface area contributed by atoms with Crippen molar-refractivity contribution in [2.45, 2.75) is 25.5 Å². The molecule has 5 heteroatoms. The van der Waals surface area contributed by atoms with E-state index in [1.54, 1.807) is 25.2 Å². The molecule has 18 heavy (non-hydrogen) atoms. The van der Waals surface area contributed by atoms with Gasteiger partial charge in [0, 0.05) is 26.3 Å². The van der Waals surface area contributed by atoms with E-state index in [4.69, 9.17) is 13.9 Å². The Balaban J connectivity index is 2.15. The third-order valence-electron chi connectivity index (χ3n) is 3.39. The van der Waals surface area contributed by atoms with Gasteiger partial charge in [0.2, 0.25) is 0 Å². The van der Waals surface area contributed by atoms with Gasteiger partial charge in [-0.15, -0.1) is 0 Å². The number of rotatable bonds is 4. The summed E-state index contributed by atoms with van der Waals surface area (Å²) in [6, 6.07) is 1.85. The highest BCUT2D eigenvalue weighted by molar-refractivity contribution is 5.93. The number of hydrogen-bond donors (Lipinski definition) is 0. The van der Waals surface area contributed by atoms with Gasteiger partial charge in [-0.2, -0.15) is 0 Å². The number of nitrogens with zero attached hydrogens (tertiary/aromatic N) is 1. The molecule has 1 saturated heterocycles. The smallest absolute Gasteiger partial charge is 0.290 e. The van der Waals surface area contributed by atoms with Gasteiger partial charge < -0.3 is 18.8 Å². The van der Waals surface area contributed by atoms with E-state index in [-0.39, 0.29) is 18.1 Å². The van der Waals surface area contributed by atoms with Crippen molar-refractivity contribution in [1.82, 2.24) is 4.90 Å². The van der Waals surface area contributed by atoms with Crippen LogP contribution >= 0.6 is 0 Å². The summed E-state index contributed by atoms with van der Waals surface area (Å²) in [7, 11) is 3.31. The van der Waals surface area contributed by atoms with Gasteiger partial charge in [-0.05, 0) is 19.4 Å². The number of methoxy groups -OCH3 is 2. The van der Waals surface area contributed by atoms with Crippen molar-refractivity contribution in [2.75, 3.05) is 27.4 Å². The first kappa shape index (κ1) is 13.1. The molecule has 0 unspecified atom stereocenters. The van der Waals surface area contributed by atoms with Gasteiger partial charge in [-0.25, -0.2) is 0 Å². The molecule has 0 aliphatic carbocycles. The minimum Gasteiger partial charge on any atom is -0.459 e. The number of furan rings is 1. The van der Waals surface area contributed by atoms with Crippen molar-refractivity contribution in [1.29, 1.82) is 0 Å². The maximum atomic E-state index is 12.4. The lowest BCUT2D eigenvalue weighted by Gasteiger charge is -2.22. The minimum absolute atomic E-state index is 0.0527. The number of hydrogen-bond acceptors (Lipinski definition) is 4. The highest BCUT2D eigenvalue weighted by Crippen LogP contribution is 2.24. The van der Waals surface area contributed by atoms with Crippen molar-refractivity contribution in [3.63, 3.8) is 0 Å². The second-order valence-corrected chi connectivity index (χ2v) is 4.59. The summed E-state index contributed by atoms with van der Waals surface area (Å²) in [5.41, 5.74) is 0.858. The molecule has 1 amide bonds. The third-order valence-corrected chi connectivity index (χ3v) is 3.39. The lowest BCUT2D eigenvalue weighted by atomic mass is 10.2. The fourth-order valence-electron chi connectivity index (χ4n) is 2.37. The van der Waals surface area contributed by atoms with Gasteiger partial charge in [-0.3, -0.25) is 4.79 Å². The highest BCUT2D eigenvalue weighted by Gasteiger charge is 2.37. The molecule has 1 aliphatic rings. The molecule has 5 nitrogen and oxygen atoms in total. The molecule has 1 fully saturated rings. The zero-order valence-corrected chi connectivity index (χ0v) is 11.0. The van der Waals surface area contributed by atoms with Crippen molar-refractivity contribution in [3.05, 3.63) is 23.7 Å². The summed E-state index contributed by atoms with van der Waals surface area (Å²) >= 11 is 0. The van der Waals surface area contributed by atoms with E-state index in [1.165, 1.54) is 6.26 Å². The van der Waals surface area contributed by atoms with Crippen LogP contribution in [-0.4, -0.2) is 50.3 Å². The fraction of sp³-hybridized carbons (Fsp3) is 0.615. The highest BCUT2D eigenvalue weighted by atomic mass is 16.5. The Bertz CT molecular complexity index is 415. The normalized spacial score (nSPS) is 23.6. The summed E-state index contributed by atoms with van der Waals surface area (Å²) in [5.74, 6) is 0.326. The van der Waals surface area contributed by atoms with Gasteiger partial charge in [0.05, 0.1) is 25.0 Å². The van der Waals surface area contributed by atoms with Crippen molar-refractivity contribution in [2.24, 2.45) is 0 Å². The maximum Gasteiger partial charge on any atom is 0.290 e. The molecule has 0 aromatic carbocycles. The number of amides is 1. The van der Waals surface area contributed by atoms with Crippen molar-refractivity contribution >= 4 is 5.91 Å². The molecule has 100 valence electrons. The first-order chi connectivity index (χ1) is 8.67. The van der Waals surface area contributed by atoms with Crippen LogP contribution < -0.4 is 0 Å². The van der Waals surface area contributed by atoms with Crippen LogP contribution in [0, 0.1) is 6.92 Å². The second-order valence-electron chi connectivity index (χ2n) is 4.59. The van der Waals surface area contributed by atoms with Crippen LogP contribution in [0.3, 0.4) is 0 Å². The second kappa shape index (κ2) is 5.54. The number of likely N-dealkylation sites (tertiary alicyclic amines) is 1. The van der Waals surface area contributed by atoms with E-state index >= 15 is 0 Å². The summed E-state index contributed by atoms with van der Waals surface area (Å²) < 4.78 is 15.8. The van der Waals surface area contributed by atoms with Gasteiger partial charge in [0.1, 0.15) is 0 Å². The molecule has 2 rings (SSSR count). The molecule has 1 aromatic heterocycles. The zero-order valence-electron chi connectivity index (χ0n) is 11.0. The standard InChI is InChI=1S/C13H19NO4/c1-9-4-5-18-12(9)13(15)14-7-11(17-3)6-10(14)8-16-2/h4-5,10-11H,6-8H2,1-3H3/t10-,11-/m0/s1. The average Bonchev–Trinajstić information content (AvgIpc) is 2.95. The van der Waals surface area contributed by atoms with Crippen LogP contribution in [0.4, 0.5) is 0 Å². The van der Waals surface area contributed by atoms with Crippen molar-refractivity contribution in [3.8, 4) is 0 Å². The predicted molar refractivity (Wildman–Crippen MR) is 65.6 cm³/mol. The monoisotopic (exact) mass is 253 g/mol. The SMILES string of the molecule is COC[C@@H]1C[C@H](OC)CN1C(=O)c1occc1C. The predicted octanol–water partition coefficient (Wildman–Crippen LogP) is 1.46. The van der Waals surface area contributed by atoms with Crippen LogP contribution in [-0.2, 0) is 9.47 Å². The Morgan fingerprint density at radius 2 is 2.33 bits per heavy atom. The Kier molecular flexibility index (Phi) is 4.04.